The normalized spacial score (nSPS) is 15.5. The van der Waals surface area contributed by atoms with Gasteiger partial charge < -0.3 is 0 Å². The van der Waals surface area contributed by atoms with Gasteiger partial charge >= 0.3 is 0 Å². The summed E-state index contributed by atoms with van der Waals surface area (Å²) in [5.41, 5.74) is 2.87. The number of carbonyl (C=O) groups excluding carboxylic acids is 3. The first-order chi connectivity index (χ1) is 9.11. The molecule has 2 rings (SSSR count). The maximum Gasteiger partial charge on any atom is 0.266 e. The molecule has 0 aliphatic carbocycles. The average molecular weight is 262 g/mol. The highest BCUT2D eigenvalue weighted by molar-refractivity contribution is 5.97. The molecule has 100 valence electrons. The van der Waals surface area contributed by atoms with E-state index in [0.29, 0.717) is 30.5 Å². The summed E-state index contributed by atoms with van der Waals surface area (Å²) in [5, 5.41) is 0. The number of nitrogens with one attached hydrogen (secondary N) is 1. The largest absolute Gasteiger partial charge is 0.290 e. The monoisotopic (exact) mass is 262 g/mol. The van der Waals surface area contributed by atoms with Crippen LogP contribution in [0.2, 0.25) is 0 Å². The minimum atomic E-state index is -0.441. The van der Waals surface area contributed by atoms with Crippen LogP contribution in [-0.2, 0) is 16.1 Å². The van der Waals surface area contributed by atoms with Crippen molar-refractivity contribution in [1.82, 2.24) is 15.3 Å². The van der Waals surface area contributed by atoms with Crippen LogP contribution in [0.4, 0.5) is 0 Å². The first-order valence-corrected chi connectivity index (χ1v) is 5.91. The molecule has 2 heterocycles. The molecule has 0 unspecified atom stereocenters. The summed E-state index contributed by atoms with van der Waals surface area (Å²) in [4.78, 5) is 39.7. The number of pyridine rings is 1. The zero-order valence-corrected chi connectivity index (χ0v) is 10.3. The van der Waals surface area contributed by atoms with Gasteiger partial charge in [0.2, 0.25) is 11.8 Å². The minimum absolute atomic E-state index is 0.141. The van der Waals surface area contributed by atoms with E-state index in [0.717, 1.165) is 0 Å². The molecule has 7 heteroatoms. The molecule has 1 fully saturated rings. The Morgan fingerprint density at radius 1 is 1.32 bits per heavy atom. The van der Waals surface area contributed by atoms with Crippen LogP contribution in [0.1, 0.15) is 35.3 Å². The number of hydrogen-bond donors (Lipinski definition) is 2. The van der Waals surface area contributed by atoms with Crippen LogP contribution in [0.15, 0.2) is 18.3 Å². The fourth-order valence-corrected chi connectivity index (χ4v) is 1.87. The van der Waals surface area contributed by atoms with Gasteiger partial charge in [-0.3, -0.25) is 29.7 Å². The van der Waals surface area contributed by atoms with E-state index in [-0.39, 0.29) is 18.4 Å². The Morgan fingerprint density at radius 3 is 2.53 bits per heavy atom. The van der Waals surface area contributed by atoms with Gasteiger partial charge in [0.05, 0.1) is 17.8 Å². The maximum atomic E-state index is 11.6. The number of imide groups is 1. The third-order valence-corrected chi connectivity index (χ3v) is 2.92. The van der Waals surface area contributed by atoms with Crippen LogP contribution in [0.5, 0.6) is 0 Å². The number of carbonyl (C=O) groups is 3. The minimum Gasteiger partial charge on any atom is -0.290 e. The molecule has 19 heavy (non-hydrogen) atoms. The van der Waals surface area contributed by atoms with E-state index < -0.39 is 5.91 Å². The van der Waals surface area contributed by atoms with Crippen LogP contribution in [0.25, 0.3) is 0 Å². The van der Waals surface area contributed by atoms with Crippen LogP contribution in [-0.4, -0.2) is 27.6 Å². The molecule has 1 aliphatic heterocycles. The first kappa shape index (κ1) is 13.2. The van der Waals surface area contributed by atoms with E-state index in [1.54, 1.807) is 12.1 Å². The third-order valence-electron chi connectivity index (χ3n) is 2.92. The Morgan fingerprint density at radius 2 is 2.00 bits per heavy atom. The van der Waals surface area contributed by atoms with Crippen molar-refractivity contribution < 1.29 is 14.4 Å². The van der Waals surface area contributed by atoms with Gasteiger partial charge in [0.15, 0.2) is 0 Å². The number of hydrazine groups is 1. The van der Waals surface area contributed by atoms with Crippen molar-refractivity contribution in [3.63, 3.8) is 0 Å². The van der Waals surface area contributed by atoms with Gasteiger partial charge in [0.25, 0.3) is 5.91 Å². The molecule has 1 aliphatic rings. The summed E-state index contributed by atoms with van der Waals surface area (Å²) >= 11 is 0. The van der Waals surface area contributed by atoms with E-state index in [1.165, 1.54) is 11.1 Å². The lowest BCUT2D eigenvalue weighted by molar-refractivity contribution is -0.148. The highest BCUT2D eigenvalue weighted by Crippen LogP contribution is 2.15. The maximum absolute atomic E-state index is 11.6. The molecule has 0 radical (unpaired) electrons. The van der Waals surface area contributed by atoms with E-state index in [4.69, 9.17) is 5.84 Å². The average Bonchev–Trinajstić information content (AvgIpc) is 2.43. The molecule has 0 spiro atoms. The summed E-state index contributed by atoms with van der Waals surface area (Å²) in [6.07, 6.45) is 2.74. The fourth-order valence-electron chi connectivity index (χ4n) is 1.87. The van der Waals surface area contributed by atoms with Crippen molar-refractivity contribution in [2.45, 2.75) is 25.8 Å². The molecule has 1 aromatic heterocycles. The van der Waals surface area contributed by atoms with Crippen molar-refractivity contribution in [3.8, 4) is 0 Å². The van der Waals surface area contributed by atoms with Crippen LogP contribution in [0.3, 0.4) is 0 Å². The Hall–Kier alpha value is -2.28. The molecule has 1 saturated heterocycles. The number of piperidine rings is 1. The number of hydrogen-bond acceptors (Lipinski definition) is 5. The lowest BCUT2D eigenvalue weighted by Crippen LogP contribution is -2.39. The van der Waals surface area contributed by atoms with Crippen molar-refractivity contribution in [3.05, 3.63) is 29.6 Å². The number of amides is 3. The second-order valence-electron chi connectivity index (χ2n) is 4.24. The van der Waals surface area contributed by atoms with Crippen molar-refractivity contribution in [2.24, 2.45) is 5.84 Å². The summed E-state index contributed by atoms with van der Waals surface area (Å²) in [6.45, 7) is 0.141. The molecule has 3 amide bonds. The summed E-state index contributed by atoms with van der Waals surface area (Å²) < 4.78 is 0. The Labute approximate surface area is 109 Å². The van der Waals surface area contributed by atoms with Crippen LogP contribution >= 0.6 is 0 Å². The summed E-state index contributed by atoms with van der Waals surface area (Å²) in [5.74, 6) is 4.20. The van der Waals surface area contributed by atoms with E-state index in [1.807, 2.05) is 5.43 Å². The second-order valence-corrected chi connectivity index (χ2v) is 4.24. The molecule has 0 aromatic carbocycles. The SMILES string of the molecule is NNC(=O)c1ccc(CN2C(=O)CCCC2=O)nc1. The van der Waals surface area contributed by atoms with Crippen molar-refractivity contribution in [1.29, 1.82) is 0 Å². The third kappa shape index (κ3) is 2.94. The number of nitrogens with zero attached hydrogens (tertiary/aromatic N) is 2. The van der Waals surface area contributed by atoms with Gasteiger partial charge in [0, 0.05) is 19.0 Å². The molecular weight excluding hydrogens is 248 g/mol. The predicted molar refractivity (Wildman–Crippen MR) is 65.3 cm³/mol. The highest BCUT2D eigenvalue weighted by atomic mass is 16.2. The zero-order valence-electron chi connectivity index (χ0n) is 10.3. The van der Waals surface area contributed by atoms with Gasteiger partial charge in [-0.25, -0.2) is 5.84 Å². The quantitative estimate of drug-likeness (QED) is 0.337. The van der Waals surface area contributed by atoms with Gasteiger partial charge in [-0.1, -0.05) is 0 Å². The topological polar surface area (TPSA) is 105 Å². The van der Waals surface area contributed by atoms with Gasteiger partial charge in [-0.2, -0.15) is 0 Å². The predicted octanol–water partition coefficient (Wildman–Crippen LogP) is -0.276. The fraction of sp³-hybridized carbons (Fsp3) is 0.333. The molecule has 1 aromatic rings. The number of nitrogen functional groups attached to an aromatic ring is 1. The van der Waals surface area contributed by atoms with Gasteiger partial charge in [-0.15, -0.1) is 0 Å². The number of rotatable bonds is 3. The molecule has 0 atom stereocenters. The lowest BCUT2D eigenvalue weighted by Gasteiger charge is -2.24. The van der Waals surface area contributed by atoms with E-state index >= 15 is 0 Å². The zero-order chi connectivity index (χ0) is 13.8. The highest BCUT2D eigenvalue weighted by Gasteiger charge is 2.26. The van der Waals surface area contributed by atoms with Crippen molar-refractivity contribution >= 4 is 17.7 Å². The molecule has 0 bridgehead atoms. The standard InChI is InChI=1S/C12H14N4O3/c13-15-12(19)8-4-5-9(14-6-8)7-16-10(17)2-1-3-11(16)18/h4-6H,1-3,7,13H2,(H,15,19). The van der Waals surface area contributed by atoms with Gasteiger partial charge in [-0.05, 0) is 18.6 Å². The van der Waals surface area contributed by atoms with E-state index in [2.05, 4.69) is 4.98 Å². The second kappa shape index (κ2) is 5.57. The molecule has 7 nitrogen and oxygen atoms in total. The Kier molecular flexibility index (Phi) is 3.86. The van der Waals surface area contributed by atoms with Crippen LogP contribution < -0.4 is 11.3 Å². The number of nitrogens with two attached hydrogens (primary N) is 1. The Balaban J connectivity index is 2.08. The summed E-state index contributed by atoms with van der Waals surface area (Å²) in [7, 11) is 0. The van der Waals surface area contributed by atoms with Crippen LogP contribution in [0, 0.1) is 0 Å². The molecular formula is C12H14N4O3. The van der Waals surface area contributed by atoms with E-state index in [9.17, 15) is 14.4 Å². The summed E-state index contributed by atoms with van der Waals surface area (Å²) in [6, 6.07) is 3.14. The van der Waals surface area contributed by atoms with Gasteiger partial charge in [0.1, 0.15) is 0 Å². The van der Waals surface area contributed by atoms with Crippen molar-refractivity contribution in [2.75, 3.05) is 0 Å². The smallest absolute Gasteiger partial charge is 0.266 e. The Bertz CT molecular complexity index is 496. The molecule has 3 N–H and O–H groups in total. The number of likely N-dealkylation sites (tertiary alicyclic amines) is 1. The first-order valence-electron chi connectivity index (χ1n) is 5.91. The molecule has 0 saturated carbocycles. The number of aromatic nitrogens is 1. The lowest BCUT2D eigenvalue weighted by atomic mass is 10.1.